The van der Waals surface area contributed by atoms with E-state index >= 15 is 0 Å². The van der Waals surface area contributed by atoms with Crippen LogP contribution in [0.25, 0.3) is 27.8 Å². The number of thioether (sulfide) groups is 1. The van der Waals surface area contributed by atoms with Crippen LogP contribution in [0, 0.1) is 13.8 Å². The fourth-order valence-electron chi connectivity index (χ4n) is 3.51. The maximum Gasteiger partial charge on any atom is 0.0676 e. The van der Waals surface area contributed by atoms with E-state index in [0.717, 1.165) is 5.02 Å². The number of hydrogen-bond acceptors (Lipinski definition) is 1. The Hall–Kier alpha value is -2.16. The van der Waals surface area contributed by atoms with Crippen molar-refractivity contribution < 1.29 is 0 Å². The van der Waals surface area contributed by atoms with Crippen molar-refractivity contribution in [3.63, 3.8) is 0 Å². The van der Waals surface area contributed by atoms with E-state index in [2.05, 4.69) is 79.3 Å². The maximum atomic E-state index is 6.14. The van der Waals surface area contributed by atoms with Crippen LogP contribution in [0.3, 0.4) is 0 Å². The molecule has 4 rings (SSSR count). The lowest BCUT2D eigenvalue weighted by Crippen LogP contribution is -1.99. The van der Waals surface area contributed by atoms with Gasteiger partial charge in [0.2, 0.25) is 0 Å². The van der Waals surface area contributed by atoms with Gasteiger partial charge in [-0.05, 0) is 61.1 Å². The summed E-state index contributed by atoms with van der Waals surface area (Å²) >= 11 is 7.94. The lowest BCUT2D eigenvalue weighted by Gasteiger charge is -2.15. The molecule has 0 saturated heterocycles. The Morgan fingerprint density at radius 3 is 2.31 bits per heavy atom. The van der Waals surface area contributed by atoms with E-state index < -0.39 is 0 Å². The normalized spacial score (nSPS) is 11.2. The van der Waals surface area contributed by atoms with Gasteiger partial charge in [0.05, 0.1) is 11.2 Å². The Bertz CT molecular complexity index is 1090. The lowest BCUT2D eigenvalue weighted by atomic mass is 10.1. The molecule has 0 aliphatic rings. The molecule has 1 nitrogen and oxygen atoms in total. The molecule has 0 bridgehead atoms. The van der Waals surface area contributed by atoms with Crippen molar-refractivity contribution >= 4 is 34.3 Å². The molecule has 0 radical (unpaired) electrons. The third-order valence-electron chi connectivity index (χ3n) is 4.76. The minimum atomic E-state index is 0.758. The summed E-state index contributed by atoms with van der Waals surface area (Å²) in [5.41, 5.74) is 7.38. The molecule has 0 aliphatic heterocycles. The van der Waals surface area contributed by atoms with Gasteiger partial charge in [-0.15, -0.1) is 11.8 Å². The highest BCUT2D eigenvalue weighted by Gasteiger charge is 2.20. The molecule has 26 heavy (non-hydrogen) atoms. The van der Waals surface area contributed by atoms with Gasteiger partial charge in [0.1, 0.15) is 0 Å². The van der Waals surface area contributed by atoms with Crippen LogP contribution < -0.4 is 0 Å². The van der Waals surface area contributed by atoms with E-state index in [1.54, 1.807) is 11.8 Å². The van der Waals surface area contributed by atoms with Gasteiger partial charge in [-0.25, -0.2) is 0 Å². The summed E-state index contributed by atoms with van der Waals surface area (Å²) in [6.45, 7) is 4.32. The van der Waals surface area contributed by atoms with Crippen molar-refractivity contribution in [2.75, 3.05) is 6.26 Å². The van der Waals surface area contributed by atoms with Crippen LogP contribution in [-0.2, 0) is 0 Å². The molecule has 0 unspecified atom stereocenters. The van der Waals surface area contributed by atoms with E-state index in [4.69, 9.17) is 11.6 Å². The molecule has 1 heterocycles. The Labute approximate surface area is 163 Å². The second-order valence-corrected chi connectivity index (χ2v) is 7.78. The summed E-state index contributed by atoms with van der Waals surface area (Å²) in [5.74, 6) is 0. The Kier molecular flexibility index (Phi) is 4.56. The molecule has 0 N–H and O–H groups in total. The van der Waals surface area contributed by atoms with Crippen LogP contribution in [0.2, 0.25) is 5.02 Å². The van der Waals surface area contributed by atoms with Crippen LogP contribution in [0.4, 0.5) is 0 Å². The third-order valence-corrected chi connectivity index (χ3v) is 5.83. The van der Waals surface area contributed by atoms with Crippen molar-refractivity contribution in [3.8, 4) is 16.9 Å². The third kappa shape index (κ3) is 2.84. The number of halogens is 1. The van der Waals surface area contributed by atoms with E-state index in [1.165, 1.54) is 43.9 Å². The van der Waals surface area contributed by atoms with Gasteiger partial charge >= 0.3 is 0 Å². The highest BCUT2D eigenvalue weighted by atomic mass is 35.5. The Morgan fingerprint density at radius 2 is 1.62 bits per heavy atom. The van der Waals surface area contributed by atoms with E-state index in [9.17, 15) is 0 Å². The van der Waals surface area contributed by atoms with Crippen LogP contribution in [0.15, 0.2) is 71.6 Å². The molecule has 0 aliphatic carbocycles. The van der Waals surface area contributed by atoms with Crippen LogP contribution in [0.5, 0.6) is 0 Å². The molecule has 0 atom stereocenters. The highest BCUT2D eigenvalue weighted by Crippen LogP contribution is 2.42. The zero-order valence-corrected chi connectivity index (χ0v) is 16.7. The van der Waals surface area contributed by atoms with Crippen molar-refractivity contribution in [1.29, 1.82) is 0 Å². The van der Waals surface area contributed by atoms with E-state index in [0.29, 0.717) is 0 Å². The molecule has 3 aromatic carbocycles. The molecule has 130 valence electrons. The number of rotatable bonds is 3. The summed E-state index contributed by atoms with van der Waals surface area (Å²) in [5, 5.41) is 2.05. The largest absolute Gasteiger partial charge is 0.308 e. The zero-order valence-electron chi connectivity index (χ0n) is 15.1. The molecular formula is C23H20ClNS. The average Bonchev–Trinajstić information content (AvgIpc) is 2.96. The number of hydrogen-bond donors (Lipinski definition) is 0. The minimum absolute atomic E-state index is 0.758. The van der Waals surface area contributed by atoms with Crippen LogP contribution in [-0.4, -0.2) is 10.8 Å². The number of aryl methyl sites for hydroxylation is 2. The van der Waals surface area contributed by atoms with E-state index in [-0.39, 0.29) is 0 Å². The smallest absolute Gasteiger partial charge is 0.0676 e. The molecular weight excluding hydrogens is 358 g/mol. The van der Waals surface area contributed by atoms with Crippen molar-refractivity contribution in [2.24, 2.45) is 0 Å². The molecule has 0 fully saturated rings. The standard InChI is InChI=1S/C23H20ClNS/c1-15-8-13-19-21(14-15)25(20-7-5-4-6-16(20)2)22(23(19)26-3)17-9-11-18(24)12-10-17/h4-14H,1-3H3. The van der Waals surface area contributed by atoms with Gasteiger partial charge in [0.15, 0.2) is 0 Å². The van der Waals surface area contributed by atoms with Gasteiger partial charge in [-0.3, -0.25) is 0 Å². The number of fused-ring (bicyclic) bond motifs is 1. The predicted molar refractivity (Wildman–Crippen MR) is 115 cm³/mol. The van der Waals surface area contributed by atoms with Gasteiger partial charge in [-0.2, -0.15) is 0 Å². The highest BCUT2D eigenvalue weighted by molar-refractivity contribution is 7.99. The Balaban J connectivity index is 2.17. The molecule has 3 heteroatoms. The summed E-state index contributed by atoms with van der Waals surface area (Å²) in [7, 11) is 0. The molecule has 0 saturated carbocycles. The topological polar surface area (TPSA) is 4.93 Å². The molecule has 4 aromatic rings. The second kappa shape index (κ2) is 6.86. The maximum absolute atomic E-state index is 6.14. The van der Waals surface area contributed by atoms with Gasteiger partial charge in [0.25, 0.3) is 0 Å². The fraction of sp³-hybridized carbons (Fsp3) is 0.130. The van der Waals surface area contributed by atoms with Crippen molar-refractivity contribution in [1.82, 2.24) is 4.57 Å². The second-order valence-electron chi connectivity index (χ2n) is 6.53. The first-order chi connectivity index (χ1) is 12.6. The molecule has 1 aromatic heterocycles. The summed E-state index contributed by atoms with van der Waals surface area (Å²) in [6.07, 6.45) is 2.15. The summed E-state index contributed by atoms with van der Waals surface area (Å²) in [6, 6.07) is 23.4. The Morgan fingerprint density at radius 1 is 0.885 bits per heavy atom. The number of benzene rings is 3. The molecule has 0 spiro atoms. The quantitative estimate of drug-likeness (QED) is 0.339. The number of para-hydroxylation sites is 1. The van der Waals surface area contributed by atoms with E-state index in [1.807, 2.05) is 12.1 Å². The summed E-state index contributed by atoms with van der Waals surface area (Å²) in [4.78, 5) is 1.30. The zero-order chi connectivity index (χ0) is 18.3. The van der Waals surface area contributed by atoms with Crippen LogP contribution in [0.1, 0.15) is 11.1 Å². The summed E-state index contributed by atoms with van der Waals surface area (Å²) < 4.78 is 2.40. The van der Waals surface area contributed by atoms with Gasteiger partial charge in [0, 0.05) is 21.0 Å². The van der Waals surface area contributed by atoms with Gasteiger partial charge in [-0.1, -0.05) is 54.1 Å². The lowest BCUT2D eigenvalue weighted by molar-refractivity contribution is 1.09. The predicted octanol–water partition coefficient (Wildman–Crippen LogP) is 7.29. The van der Waals surface area contributed by atoms with Crippen LogP contribution >= 0.6 is 23.4 Å². The average molecular weight is 378 g/mol. The first-order valence-corrected chi connectivity index (χ1v) is 10.2. The van der Waals surface area contributed by atoms with Crippen molar-refractivity contribution in [3.05, 3.63) is 82.9 Å². The number of nitrogens with zero attached hydrogens (tertiary/aromatic N) is 1. The SMILES string of the molecule is CSc1c(-c2ccc(Cl)cc2)n(-c2ccccc2C)c2cc(C)ccc12. The van der Waals surface area contributed by atoms with Crippen molar-refractivity contribution in [2.45, 2.75) is 18.7 Å². The monoisotopic (exact) mass is 377 g/mol. The fourth-order valence-corrected chi connectivity index (χ4v) is 4.43. The molecule has 0 amide bonds. The first kappa shape index (κ1) is 17.3. The first-order valence-electron chi connectivity index (χ1n) is 8.61. The van der Waals surface area contributed by atoms with Gasteiger partial charge < -0.3 is 4.57 Å². The number of aromatic nitrogens is 1. The minimum Gasteiger partial charge on any atom is -0.308 e.